The first-order valence-corrected chi connectivity index (χ1v) is 19.5. The predicted molar refractivity (Wildman–Crippen MR) is 209 cm³/mol. The quantitative estimate of drug-likeness (QED) is 0.0921. The highest BCUT2D eigenvalue weighted by atomic mass is 32.2. The molecule has 2 aromatic heterocycles. The third kappa shape index (κ3) is 9.96. The molecule has 3 atom stereocenters. The topological polar surface area (TPSA) is 139 Å². The Morgan fingerprint density at radius 1 is 0.906 bits per heavy atom. The number of aromatic nitrogens is 4. The average molecular weight is 731 g/mol. The number of H-pyrrole nitrogens is 2. The van der Waals surface area contributed by atoms with E-state index in [1.807, 2.05) is 109 Å². The first-order chi connectivity index (χ1) is 25.7. The van der Waals surface area contributed by atoms with Crippen molar-refractivity contribution >= 4 is 22.8 Å². The lowest BCUT2D eigenvalue weighted by molar-refractivity contribution is -0.131. The second kappa shape index (κ2) is 17.9. The molecule has 274 valence electrons. The Hall–Kier alpha value is -5.35. The van der Waals surface area contributed by atoms with Gasteiger partial charge in [0.15, 0.2) is 0 Å². The van der Waals surface area contributed by atoms with Crippen molar-refractivity contribution in [3.05, 3.63) is 120 Å². The Bertz CT molecular complexity index is 2060. The largest absolute Gasteiger partial charge is 0.354 e. The fourth-order valence-electron chi connectivity index (χ4n) is 6.56. The summed E-state index contributed by atoms with van der Waals surface area (Å²) in [6.45, 7) is 1.33. The number of rotatable bonds is 14. The SMILES string of the molecule is CN(C)C(C(=O)NCCCCc1ncc(-c2ccc(C#Cc3ccc(-c4cnc(C5CCCN5C(=O)CNS(C)=O)[nH]4)cc3)cc2)[nH]1)c1ccccc1. The minimum Gasteiger partial charge on any atom is -0.354 e. The molecule has 2 amide bonds. The third-order valence-electron chi connectivity index (χ3n) is 9.30. The number of imidazole rings is 2. The van der Waals surface area contributed by atoms with Crippen LogP contribution in [0.1, 0.15) is 66.1 Å². The Labute approximate surface area is 313 Å². The van der Waals surface area contributed by atoms with Crippen LogP contribution in [0.15, 0.2) is 91.3 Å². The number of aromatic amines is 2. The van der Waals surface area contributed by atoms with E-state index >= 15 is 0 Å². The normalized spacial score (nSPS) is 15.2. The number of hydrogen-bond acceptors (Lipinski definition) is 6. The molecule has 0 aliphatic carbocycles. The highest BCUT2D eigenvalue weighted by molar-refractivity contribution is 7.82. The second-order valence-corrected chi connectivity index (χ2v) is 14.6. The van der Waals surface area contributed by atoms with Gasteiger partial charge in [0, 0.05) is 36.9 Å². The molecule has 6 rings (SSSR count). The summed E-state index contributed by atoms with van der Waals surface area (Å²) in [5.41, 5.74) is 6.66. The van der Waals surface area contributed by atoms with Gasteiger partial charge in [-0.05, 0) is 80.7 Å². The maximum absolute atomic E-state index is 12.9. The van der Waals surface area contributed by atoms with Gasteiger partial charge in [0.25, 0.3) is 0 Å². The van der Waals surface area contributed by atoms with Crippen LogP contribution < -0.4 is 10.0 Å². The standard InChI is InChI=1S/C41H46N8O3S/c1-48(2)39(33-10-5-4-6-11-33)41(51)42-24-8-7-13-37-43-26-34(46-37)31-20-16-29(17-21-31)14-15-30-18-22-32(23-19-30)35-27-44-40(47-35)36-12-9-25-49(36)38(50)28-45-53(3)52/h4-6,10-11,16-23,26-27,36,39,45H,7-9,12-13,24-25,28H2,1-3H3,(H,42,51)(H,43,46)(H,44,47). The minimum atomic E-state index is -1.24. The molecule has 0 radical (unpaired) electrons. The van der Waals surface area contributed by atoms with Gasteiger partial charge < -0.3 is 20.2 Å². The molecule has 0 saturated carbocycles. The van der Waals surface area contributed by atoms with Crippen LogP contribution in [0.25, 0.3) is 22.5 Å². The molecule has 3 unspecified atom stereocenters. The Balaban J connectivity index is 0.967. The van der Waals surface area contributed by atoms with Crippen molar-refractivity contribution in [3.63, 3.8) is 0 Å². The molecule has 1 aliphatic rings. The van der Waals surface area contributed by atoms with Gasteiger partial charge in [-0.3, -0.25) is 14.5 Å². The van der Waals surface area contributed by atoms with Crippen LogP contribution in [0, 0.1) is 11.8 Å². The van der Waals surface area contributed by atoms with Crippen LogP contribution in [-0.4, -0.2) is 85.7 Å². The van der Waals surface area contributed by atoms with E-state index in [0.717, 1.165) is 83.0 Å². The predicted octanol–water partition coefficient (Wildman–Crippen LogP) is 5.16. The summed E-state index contributed by atoms with van der Waals surface area (Å²) < 4.78 is 14.1. The zero-order valence-electron chi connectivity index (χ0n) is 30.4. The van der Waals surface area contributed by atoms with Gasteiger partial charge in [-0.15, -0.1) is 0 Å². The second-order valence-electron chi connectivity index (χ2n) is 13.4. The number of unbranched alkanes of at least 4 members (excludes halogenated alkanes) is 1. The number of carbonyl (C=O) groups excluding carboxylic acids is 2. The van der Waals surface area contributed by atoms with Gasteiger partial charge in [0.2, 0.25) is 11.8 Å². The van der Waals surface area contributed by atoms with Crippen molar-refractivity contribution in [3.8, 4) is 34.4 Å². The summed E-state index contributed by atoms with van der Waals surface area (Å²) in [5.74, 6) is 8.14. The lowest BCUT2D eigenvalue weighted by atomic mass is 10.1. The first-order valence-electron chi connectivity index (χ1n) is 17.9. The van der Waals surface area contributed by atoms with Gasteiger partial charge in [0.1, 0.15) is 17.7 Å². The summed E-state index contributed by atoms with van der Waals surface area (Å²) in [5, 5.41) is 3.09. The Morgan fingerprint density at radius 3 is 2.19 bits per heavy atom. The third-order valence-corrected chi connectivity index (χ3v) is 9.85. The molecule has 4 N–H and O–H groups in total. The van der Waals surface area contributed by atoms with E-state index in [1.165, 1.54) is 6.26 Å². The molecule has 11 nitrogen and oxygen atoms in total. The van der Waals surface area contributed by atoms with E-state index in [4.69, 9.17) is 0 Å². The van der Waals surface area contributed by atoms with E-state index in [-0.39, 0.29) is 30.4 Å². The fraction of sp³-hybridized carbons (Fsp3) is 0.317. The number of aryl methyl sites for hydroxylation is 1. The maximum Gasteiger partial charge on any atom is 0.241 e. The van der Waals surface area contributed by atoms with Gasteiger partial charge in [-0.2, -0.15) is 0 Å². The molecule has 5 aromatic rings. The van der Waals surface area contributed by atoms with Crippen LogP contribution in [0.4, 0.5) is 0 Å². The van der Waals surface area contributed by atoms with Gasteiger partial charge in [-0.25, -0.2) is 18.9 Å². The van der Waals surface area contributed by atoms with Crippen LogP contribution in [0.2, 0.25) is 0 Å². The van der Waals surface area contributed by atoms with Crippen molar-refractivity contribution in [1.82, 2.24) is 39.8 Å². The van der Waals surface area contributed by atoms with Crippen molar-refractivity contribution in [2.45, 2.75) is 44.2 Å². The maximum atomic E-state index is 12.9. The van der Waals surface area contributed by atoms with E-state index in [9.17, 15) is 13.8 Å². The summed E-state index contributed by atoms with van der Waals surface area (Å²) in [4.78, 5) is 45.3. The Kier molecular flexibility index (Phi) is 12.6. The molecule has 1 fully saturated rings. The fourth-order valence-corrected chi connectivity index (χ4v) is 6.89. The van der Waals surface area contributed by atoms with Gasteiger partial charge >= 0.3 is 0 Å². The highest BCUT2D eigenvalue weighted by Crippen LogP contribution is 2.31. The van der Waals surface area contributed by atoms with Crippen molar-refractivity contribution in [2.75, 3.05) is 40.0 Å². The zero-order valence-corrected chi connectivity index (χ0v) is 31.2. The van der Waals surface area contributed by atoms with E-state index < -0.39 is 11.0 Å². The smallest absolute Gasteiger partial charge is 0.241 e. The van der Waals surface area contributed by atoms with Crippen molar-refractivity contribution in [1.29, 1.82) is 0 Å². The Morgan fingerprint density at radius 2 is 1.55 bits per heavy atom. The summed E-state index contributed by atoms with van der Waals surface area (Å²) in [6, 6.07) is 25.5. The van der Waals surface area contributed by atoms with Crippen LogP contribution >= 0.6 is 0 Å². The number of carbonyl (C=O) groups is 2. The number of nitrogens with one attached hydrogen (secondary N) is 4. The number of likely N-dealkylation sites (N-methyl/N-ethyl adjacent to an activating group) is 1. The molecule has 12 heteroatoms. The van der Waals surface area contributed by atoms with Crippen LogP contribution in [-0.2, 0) is 27.0 Å². The number of hydrogen-bond donors (Lipinski definition) is 4. The highest BCUT2D eigenvalue weighted by Gasteiger charge is 2.32. The molecule has 3 aromatic carbocycles. The van der Waals surface area contributed by atoms with Crippen molar-refractivity contribution < 1.29 is 13.8 Å². The molecule has 0 bridgehead atoms. The molecule has 1 aliphatic heterocycles. The average Bonchev–Trinajstić information content (AvgIpc) is 3.96. The van der Waals surface area contributed by atoms with Gasteiger partial charge in [0.05, 0.1) is 47.4 Å². The lowest BCUT2D eigenvalue weighted by Crippen LogP contribution is -2.38. The van der Waals surface area contributed by atoms with Crippen LogP contribution in [0.3, 0.4) is 0 Å². The first kappa shape index (κ1) is 37.4. The van der Waals surface area contributed by atoms with E-state index in [0.29, 0.717) is 13.1 Å². The van der Waals surface area contributed by atoms with Gasteiger partial charge in [-0.1, -0.05) is 66.4 Å². The molecular formula is C41H46N8O3S. The van der Waals surface area contributed by atoms with Crippen molar-refractivity contribution in [2.24, 2.45) is 0 Å². The van der Waals surface area contributed by atoms with Crippen LogP contribution in [0.5, 0.6) is 0 Å². The lowest BCUT2D eigenvalue weighted by Gasteiger charge is -2.23. The molecular weight excluding hydrogens is 685 g/mol. The zero-order chi connectivity index (χ0) is 37.2. The molecule has 3 heterocycles. The van der Waals surface area contributed by atoms with E-state index in [2.05, 4.69) is 41.8 Å². The summed E-state index contributed by atoms with van der Waals surface area (Å²) in [7, 11) is 2.61. The molecule has 53 heavy (non-hydrogen) atoms. The minimum absolute atomic E-state index is 0.0124. The number of likely N-dealkylation sites (tertiary alicyclic amines) is 1. The number of benzene rings is 3. The molecule has 0 spiro atoms. The monoisotopic (exact) mass is 730 g/mol. The number of amides is 2. The number of nitrogens with zero attached hydrogens (tertiary/aromatic N) is 4. The van der Waals surface area contributed by atoms with E-state index in [1.54, 1.807) is 6.20 Å². The summed E-state index contributed by atoms with van der Waals surface area (Å²) >= 11 is 0. The molecule has 1 saturated heterocycles. The summed E-state index contributed by atoms with van der Waals surface area (Å²) in [6.07, 6.45) is 9.50.